The van der Waals surface area contributed by atoms with Crippen LogP contribution in [0.5, 0.6) is 5.75 Å². The van der Waals surface area contributed by atoms with Gasteiger partial charge in [0.15, 0.2) is 5.75 Å². The van der Waals surface area contributed by atoms with Crippen molar-refractivity contribution in [2.24, 2.45) is 0 Å². The normalized spacial score (nSPS) is 10.8. The quantitative estimate of drug-likeness (QED) is 0.299. The maximum absolute atomic E-state index is 11.2. The fourth-order valence-electron chi connectivity index (χ4n) is 4.40. The molecule has 1 N–H and O–H groups in total. The lowest BCUT2D eigenvalue weighted by Crippen LogP contribution is -2.36. The summed E-state index contributed by atoms with van der Waals surface area (Å²) < 4.78 is 2.19. The van der Waals surface area contributed by atoms with E-state index in [9.17, 15) is 5.11 Å². The van der Waals surface area contributed by atoms with Gasteiger partial charge < -0.3 is 5.11 Å². The molecule has 1 aromatic heterocycles. The Balaban J connectivity index is 1.93. The van der Waals surface area contributed by atoms with Gasteiger partial charge in [-0.15, -0.1) is 4.57 Å². The number of pyridine rings is 1. The predicted octanol–water partition coefficient (Wildman–Crippen LogP) is 7.29. The fourth-order valence-corrected chi connectivity index (χ4v) is 4.40. The molecular formula is C31H26NO+. The summed E-state index contributed by atoms with van der Waals surface area (Å²) in [5.41, 5.74) is 9.27. The summed E-state index contributed by atoms with van der Waals surface area (Å²) in [7, 11) is 0. The van der Waals surface area contributed by atoms with Crippen LogP contribution >= 0.6 is 0 Å². The monoisotopic (exact) mass is 428 g/mol. The van der Waals surface area contributed by atoms with Gasteiger partial charge in [0, 0.05) is 29.3 Å². The highest BCUT2D eigenvalue weighted by atomic mass is 16.3. The number of aromatic hydroxyl groups is 1. The molecule has 5 rings (SSSR count). The third-order valence-corrected chi connectivity index (χ3v) is 5.98. The summed E-state index contributed by atoms with van der Waals surface area (Å²) in [5, 5.41) is 11.2. The van der Waals surface area contributed by atoms with Crippen LogP contribution in [-0.4, -0.2) is 5.11 Å². The Morgan fingerprint density at radius 1 is 0.515 bits per heavy atom. The largest absolute Gasteiger partial charge is 0.502 e. The summed E-state index contributed by atoms with van der Waals surface area (Å²) in [6, 6.07) is 39.7. The minimum Gasteiger partial charge on any atom is -0.502 e. The number of rotatable bonds is 4. The van der Waals surface area contributed by atoms with Gasteiger partial charge in [0.05, 0.1) is 0 Å². The van der Waals surface area contributed by atoms with Crippen LogP contribution in [-0.2, 0) is 0 Å². The first-order chi connectivity index (χ1) is 16.1. The van der Waals surface area contributed by atoms with E-state index in [4.69, 9.17) is 0 Å². The van der Waals surface area contributed by atoms with Crippen molar-refractivity contribution >= 4 is 0 Å². The van der Waals surface area contributed by atoms with E-state index < -0.39 is 0 Å². The summed E-state index contributed by atoms with van der Waals surface area (Å²) in [5.74, 6) is 0.299. The van der Waals surface area contributed by atoms with Crippen LogP contribution in [0.25, 0.3) is 39.3 Å². The topological polar surface area (TPSA) is 24.1 Å². The predicted molar refractivity (Wildman–Crippen MR) is 135 cm³/mol. The molecule has 2 heteroatoms. The van der Waals surface area contributed by atoms with E-state index in [2.05, 4.69) is 102 Å². The van der Waals surface area contributed by atoms with Gasteiger partial charge in [0.1, 0.15) is 0 Å². The molecule has 0 atom stereocenters. The van der Waals surface area contributed by atoms with Crippen molar-refractivity contribution < 1.29 is 9.67 Å². The Morgan fingerprint density at radius 2 is 0.970 bits per heavy atom. The van der Waals surface area contributed by atoms with Gasteiger partial charge in [-0.3, -0.25) is 0 Å². The summed E-state index contributed by atoms with van der Waals surface area (Å²) in [6.45, 7) is 4.02. The van der Waals surface area contributed by atoms with Crippen LogP contribution in [0.3, 0.4) is 0 Å². The highest BCUT2D eigenvalue weighted by Crippen LogP contribution is 2.33. The third-order valence-electron chi connectivity index (χ3n) is 5.98. The zero-order valence-electron chi connectivity index (χ0n) is 18.9. The molecular weight excluding hydrogens is 402 g/mol. The number of benzene rings is 4. The second-order valence-corrected chi connectivity index (χ2v) is 8.40. The molecule has 0 bridgehead atoms. The highest BCUT2D eigenvalue weighted by Gasteiger charge is 2.28. The molecule has 0 amide bonds. The van der Waals surface area contributed by atoms with Gasteiger partial charge in [-0.05, 0) is 60.4 Å². The minimum absolute atomic E-state index is 0.299. The van der Waals surface area contributed by atoms with Gasteiger partial charge in [-0.2, -0.15) is 0 Å². The van der Waals surface area contributed by atoms with Gasteiger partial charge in [0.2, 0.25) is 11.4 Å². The molecule has 0 radical (unpaired) electrons. The van der Waals surface area contributed by atoms with Crippen LogP contribution in [0.4, 0.5) is 0 Å². The second kappa shape index (κ2) is 8.76. The molecule has 0 fully saturated rings. The van der Waals surface area contributed by atoms with E-state index >= 15 is 0 Å². The van der Waals surface area contributed by atoms with Crippen molar-refractivity contribution in [3.05, 3.63) is 126 Å². The lowest BCUT2D eigenvalue weighted by atomic mass is 9.98. The first kappa shape index (κ1) is 20.7. The molecule has 0 aliphatic heterocycles. The van der Waals surface area contributed by atoms with E-state index in [0.29, 0.717) is 5.75 Å². The highest BCUT2D eigenvalue weighted by molar-refractivity contribution is 5.74. The summed E-state index contributed by atoms with van der Waals surface area (Å²) in [6.07, 6.45) is 0. The average molecular weight is 429 g/mol. The van der Waals surface area contributed by atoms with Gasteiger partial charge in [0.25, 0.3) is 5.69 Å². The van der Waals surface area contributed by atoms with Crippen molar-refractivity contribution in [1.82, 2.24) is 0 Å². The molecule has 0 aliphatic rings. The molecule has 0 saturated carbocycles. The van der Waals surface area contributed by atoms with Gasteiger partial charge >= 0.3 is 0 Å². The van der Waals surface area contributed by atoms with E-state index in [-0.39, 0.29) is 0 Å². The summed E-state index contributed by atoms with van der Waals surface area (Å²) in [4.78, 5) is 0. The Kier molecular flexibility index (Phi) is 5.50. The SMILES string of the molecule is Cc1cc(C)c(O)c(-[n+]2c(-c3ccccc3)cc(-c3ccccc3)cc2-c2ccccc2)c1. The minimum atomic E-state index is 0.299. The molecule has 0 saturated heterocycles. The van der Waals surface area contributed by atoms with Crippen LogP contribution in [0.15, 0.2) is 115 Å². The Hall–Kier alpha value is -4.17. The van der Waals surface area contributed by atoms with Crippen molar-refractivity contribution in [3.63, 3.8) is 0 Å². The van der Waals surface area contributed by atoms with Crippen LogP contribution in [0, 0.1) is 13.8 Å². The van der Waals surface area contributed by atoms with Crippen LogP contribution < -0.4 is 4.57 Å². The average Bonchev–Trinajstić information content (AvgIpc) is 2.87. The molecule has 33 heavy (non-hydrogen) atoms. The number of hydrogen-bond acceptors (Lipinski definition) is 1. The zero-order valence-corrected chi connectivity index (χ0v) is 18.9. The molecule has 0 aliphatic carbocycles. The molecule has 4 aromatic carbocycles. The van der Waals surface area contributed by atoms with Crippen molar-refractivity contribution in [1.29, 1.82) is 0 Å². The Bertz CT molecular complexity index is 1350. The molecule has 0 unspecified atom stereocenters. The molecule has 160 valence electrons. The van der Waals surface area contributed by atoms with E-state index in [1.807, 2.05) is 31.2 Å². The number of aromatic nitrogens is 1. The smallest absolute Gasteiger partial charge is 0.254 e. The third kappa shape index (κ3) is 4.04. The first-order valence-corrected chi connectivity index (χ1v) is 11.2. The van der Waals surface area contributed by atoms with Crippen molar-refractivity contribution in [2.45, 2.75) is 13.8 Å². The lowest BCUT2D eigenvalue weighted by molar-refractivity contribution is -0.572. The van der Waals surface area contributed by atoms with E-state index in [1.165, 1.54) is 0 Å². The molecule has 2 nitrogen and oxygen atoms in total. The van der Waals surface area contributed by atoms with E-state index in [1.54, 1.807) is 0 Å². The van der Waals surface area contributed by atoms with Crippen LogP contribution in [0.1, 0.15) is 11.1 Å². The molecule has 1 heterocycles. The van der Waals surface area contributed by atoms with Crippen molar-refractivity contribution in [2.75, 3.05) is 0 Å². The zero-order chi connectivity index (χ0) is 22.8. The fraction of sp³-hybridized carbons (Fsp3) is 0.0645. The summed E-state index contributed by atoms with van der Waals surface area (Å²) >= 11 is 0. The maximum Gasteiger partial charge on any atom is 0.254 e. The Labute approximate surface area is 195 Å². The number of nitrogens with zero attached hydrogens (tertiary/aromatic N) is 1. The number of phenolic OH excluding ortho intramolecular Hbond substituents is 1. The maximum atomic E-state index is 11.2. The number of phenols is 1. The standard InChI is InChI=1S/C31H25NO/c1-22-18-23(2)31(33)30(19-22)32-28(25-14-8-4-9-15-25)20-27(24-12-6-3-7-13-24)21-29(32)26-16-10-5-11-17-26/h3-21H,1-2H3/p+1. The first-order valence-electron chi connectivity index (χ1n) is 11.2. The number of hydrogen-bond donors (Lipinski definition) is 1. The van der Waals surface area contributed by atoms with E-state index in [0.717, 1.165) is 50.5 Å². The van der Waals surface area contributed by atoms with Crippen LogP contribution in [0.2, 0.25) is 0 Å². The number of aryl methyl sites for hydroxylation is 2. The van der Waals surface area contributed by atoms with Gasteiger partial charge in [-0.1, -0.05) is 72.8 Å². The Morgan fingerprint density at radius 3 is 1.45 bits per heavy atom. The molecule has 5 aromatic rings. The second-order valence-electron chi connectivity index (χ2n) is 8.40. The lowest BCUT2D eigenvalue weighted by Gasteiger charge is -2.14. The van der Waals surface area contributed by atoms with Gasteiger partial charge in [-0.25, -0.2) is 0 Å². The van der Waals surface area contributed by atoms with Crippen molar-refractivity contribution in [3.8, 4) is 45.1 Å². The molecule has 0 spiro atoms.